The third kappa shape index (κ3) is 3.24. The lowest BCUT2D eigenvalue weighted by atomic mass is 9.86. The predicted molar refractivity (Wildman–Crippen MR) is 79.4 cm³/mol. The highest BCUT2D eigenvalue weighted by atomic mass is 35.5. The van der Waals surface area contributed by atoms with Crippen LogP contribution in [0.5, 0.6) is 0 Å². The molecule has 2 unspecified atom stereocenters. The molecule has 1 aliphatic carbocycles. The SMILES string of the molecule is CC(NC1CCCC1(C)C)c1cc(F)c(Cl)cc1Cl. The number of hydrogen-bond acceptors (Lipinski definition) is 1. The van der Waals surface area contributed by atoms with Crippen molar-refractivity contribution in [3.63, 3.8) is 0 Å². The molecular weight excluding hydrogens is 284 g/mol. The molecule has 0 amide bonds. The summed E-state index contributed by atoms with van der Waals surface area (Å²) in [6.07, 6.45) is 3.62. The van der Waals surface area contributed by atoms with Crippen LogP contribution in [0.1, 0.15) is 51.6 Å². The quantitative estimate of drug-likeness (QED) is 0.741. The van der Waals surface area contributed by atoms with Crippen molar-refractivity contribution < 1.29 is 4.39 Å². The van der Waals surface area contributed by atoms with E-state index in [4.69, 9.17) is 23.2 Å². The minimum atomic E-state index is -0.416. The van der Waals surface area contributed by atoms with Gasteiger partial charge in [-0.15, -0.1) is 0 Å². The number of nitrogens with one attached hydrogen (secondary N) is 1. The zero-order valence-corrected chi connectivity index (χ0v) is 13.1. The van der Waals surface area contributed by atoms with Gasteiger partial charge in [-0.2, -0.15) is 0 Å². The van der Waals surface area contributed by atoms with Gasteiger partial charge in [0.1, 0.15) is 5.82 Å². The first kappa shape index (κ1) is 15.1. The predicted octanol–water partition coefficient (Wildman–Crippen LogP) is 5.36. The minimum Gasteiger partial charge on any atom is -0.307 e. The summed E-state index contributed by atoms with van der Waals surface area (Å²) in [6, 6.07) is 3.37. The van der Waals surface area contributed by atoms with E-state index in [1.165, 1.54) is 25.0 Å². The molecule has 0 spiro atoms. The Morgan fingerprint density at radius 3 is 2.58 bits per heavy atom. The Kier molecular flexibility index (Phi) is 4.44. The van der Waals surface area contributed by atoms with E-state index >= 15 is 0 Å². The van der Waals surface area contributed by atoms with Gasteiger partial charge >= 0.3 is 0 Å². The van der Waals surface area contributed by atoms with Gasteiger partial charge in [-0.05, 0) is 42.9 Å². The molecule has 1 fully saturated rings. The molecule has 0 aliphatic heterocycles. The standard InChI is InChI=1S/C15H20Cl2FN/c1-9(19-14-5-4-6-15(14,2)3)10-7-13(18)12(17)8-11(10)16/h7-9,14,19H,4-6H2,1-3H3. The summed E-state index contributed by atoms with van der Waals surface area (Å²) in [5, 5.41) is 4.17. The summed E-state index contributed by atoms with van der Waals surface area (Å²) in [4.78, 5) is 0. The van der Waals surface area contributed by atoms with E-state index in [1.54, 1.807) is 0 Å². The molecule has 0 bridgehead atoms. The van der Waals surface area contributed by atoms with Gasteiger partial charge in [-0.25, -0.2) is 4.39 Å². The first-order valence-electron chi connectivity index (χ1n) is 6.72. The number of benzene rings is 1. The van der Waals surface area contributed by atoms with Gasteiger partial charge in [0.2, 0.25) is 0 Å². The zero-order valence-electron chi connectivity index (χ0n) is 11.6. The molecule has 2 rings (SSSR count). The van der Waals surface area contributed by atoms with Crippen molar-refractivity contribution >= 4 is 23.2 Å². The first-order chi connectivity index (χ1) is 8.81. The molecule has 1 aromatic rings. The maximum absolute atomic E-state index is 13.6. The zero-order chi connectivity index (χ0) is 14.2. The van der Waals surface area contributed by atoms with Gasteiger partial charge in [0.15, 0.2) is 0 Å². The largest absolute Gasteiger partial charge is 0.307 e. The van der Waals surface area contributed by atoms with Crippen molar-refractivity contribution in [2.75, 3.05) is 0 Å². The third-order valence-corrected chi connectivity index (χ3v) is 4.83. The molecule has 1 nitrogen and oxygen atoms in total. The Morgan fingerprint density at radius 1 is 1.32 bits per heavy atom. The van der Waals surface area contributed by atoms with Gasteiger partial charge in [-0.3, -0.25) is 0 Å². The van der Waals surface area contributed by atoms with Crippen molar-refractivity contribution in [2.45, 2.75) is 52.1 Å². The molecule has 1 aliphatic rings. The Labute approximate surface area is 124 Å². The fourth-order valence-corrected chi connectivity index (χ4v) is 3.44. The van der Waals surface area contributed by atoms with Crippen LogP contribution in [0.2, 0.25) is 10.0 Å². The number of rotatable bonds is 3. The fourth-order valence-electron chi connectivity index (χ4n) is 2.90. The second-order valence-electron chi connectivity index (χ2n) is 6.11. The van der Waals surface area contributed by atoms with Crippen LogP contribution in [-0.2, 0) is 0 Å². The summed E-state index contributed by atoms with van der Waals surface area (Å²) in [7, 11) is 0. The summed E-state index contributed by atoms with van der Waals surface area (Å²) in [5.74, 6) is -0.416. The van der Waals surface area contributed by atoms with Gasteiger partial charge in [0, 0.05) is 17.1 Å². The maximum Gasteiger partial charge on any atom is 0.142 e. The number of halogens is 3. The second kappa shape index (κ2) is 5.59. The van der Waals surface area contributed by atoms with Gasteiger partial charge in [-0.1, -0.05) is 43.5 Å². The molecule has 0 radical (unpaired) electrons. The molecule has 0 aromatic heterocycles. The van der Waals surface area contributed by atoms with Crippen LogP contribution < -0.4 is 5.32 Å². The van der Waals surface area contributed by atoms with Gasteiger partial charge in [0.25, 0.3) is 0 Å². The second-order valence-corrected chi connectivity index (χ2v) is 6.92. The molecule has 19 heavy (non-hydrogen) atoms. The van der Waals surface area contributed by atoms with E-state index < -0.39 is 5.82 Å². The fraction of sp³-hybridized carbons (Fsp3) is 0.600. The van der Waals surface area contributed by atoms with Crippen molar-refractivity contribution in [3.05, 3.63) is 33.6 Å². The summed E-state index contributed by atoms with van der Waals surface area (Å²) in [5.41, 5.74) is 1.05. The van der Waals surface area contributed by atoms with Crippen LogP contribution in [0.3, 0.4) is 0 Å². The lowest BCUT2D eigenvalue weighted by Crippen LogP contribution is -2.39. The van der Waals surface area contributed by atoms with Crippen LogP contribution in [-0.4, -0.2) is 6.04 Å². The van der Waals surface area contributed by atoms with Crippen molar-refractivity contribution in [1.82, 2.24) is 5.32 Å². The average Bonchev–Trinajstić information content (AvgIpc) is 2.63. The van der Waals surface area contributed by atoms with Crippen molar-refractivity contribution in [3.8, 4) is 0 Å². The minimum absolute atomic E-state index is 0.0154. The summed E-state index contributed by atoms with van der Waals surface area (Å²) >= 11 is 11.9. The lowest BCUT2D eigenvalue weighted by Gasteiger charge is -2.31. The van der Waals surface area contributed by atoms with Crippen molar-refractivity contribution in [2.24, 2.45) is 5.41 Å². The van der Waals surface area contributed by atoms with E-state index in [0.29, 0.717) is 11.1 Å². The van der Waals surface area contributed by atoms with Crippen LogP contribution >= 0.6 is 23.2 Å². The molecule has 2 atom stereocenters. The van der Waals surface area contributed by atoms with E-state index in [9.17, 15) is 4.39 Å². The normalized spacial score (nSPS) is 23.6. The smallest absolute Gasteiger partial charge is 0.142 e. The highest BCUT2D eigenvalue weighted by Gasteiger charge is 2.35. The third-order valence-electron chi connectivity index (χ3n) is 4.21. The van der Waals surface area contributed by atoms with Crippen LogP contribution in [0.4, 0.5) is 4.39 Å². The molecule has 1 aromatic carbocycles. The maximum atomic E-state index is 13.6. The van der Waals surface area contributed by atoms with Gasteiger partial charge in [0.05, 0.1) is 5.02 Å². The molecule has 0 saturated heterocycles. The van der Waals surface area contributed by atoms with Crippen LogP contribution in [0.15, 0.2) is 12.1 Å². The van der Waals surface area contributed by atoms with E-state index in [1.807, 2.05) is 6.92 Å². The molecule has 1 N–H and O–H groups in total. The van der Waals surface area contributed by atoms with Crippen molar-refractivity contribution in [1.29, 1.82) is 0 Å². The molecule has 106 valence electrons. The lowest BCUT2D eigenvalue weighted by molar-refractivity contribution is 0.266. The molecular formula is C15H20Cl2FN. The molecule has 4 heteroatoms. The average molecular weight is 304 g/mol. The van der Waals surface area contributed by atoms with Crippen LogP contribution in [0.25, 0.3) is 0 Å². The Bertz CT molecular complexity index is 473. The van der Waals surface area contributed by atoms with E-state index in [-0.39, 0.29) is 16.5 Å². The number of hydrogen-bond donors (Lipinski definition) is 1. The van der Waals surface area contributed by atoms with Crippen LogP contribution in [0, 0.1) is 11.2 Å². The summed E-state index contributed by atoms with van der Waals surface area (Å²) < 4.78 is 13.6. The van der Waals surface area contributed by atoms with E-state index in [0.717, 1.165) is 12.0 Å². The highest BCUT2D eigenvalue weighted by molar-refractivity contribution is 6.35. The summed E-state index contributed by atoms with van der Waals surface area (Å²) in [6.45, 7) is 6.56. The Hall–Kier alpha value is -0.310. The first-order valence-corrected chi connectivity index (χ1v) is 7.47. The topological polar surface area (TPSA) is 12.0 Å². The Balaban J connectivity index is 2.16. The monoisotopic (exact) mass is 303 g/mol. The molecule has 1 saturated carbocycles. The molecule has 0 heterocycles. The van der Waals surface area contributed by atoms with E-state index in [2.05, 4.69) is 19.2 Å². The Morgan fingerprint density at radius 2 is 2.00 bits per heavy atom. The van der Waals surface area contributed by atoms with Gasteiger partial charge < -0.3 is 5.32 Å². The highest BCUT2D eigenvalue weighted by Crippen LogP contribution is 2.39.